The zero-order valence-corrected chi connectivity index (χ0v) is 20.1. The van der Waals surface area contributed by atoms with Gasteiger partial charge in [0.2, 0.25) is 5.91 Å². The molecule has 7 heteroatoms. The highest BCUT2D eigenvalue weighted by Gasteiger charge is 2.42. The Hall–Kier alpha value is -3.38. The van der Waals surface area contributed by atoms with Gasteiger partial charge in [0.25, 0.3) is 0 Å². The summed E-state index contributed by atoms with van der Waals surface area (Å²) in [5, 5.41) is 3.85. The van der Waals surface area contributed by atoms with E-state index in [2.05, 4.69) is 27.2 Å². The molecule has 0 saturated carbocycles. The lowest BCUT2D eigenvalue weighted by atomic mass is 9.83. The van der Waals surface area contributed by atoms with Crippen molar-refractivity contribution < 1.29 is 14.3 Å². The first kappa shape index (κ1) is 22.4. The highest BCUT2D eigenvalue weighted by molar-refractivity contribution is 6.33. The van der Waals surface area contributed by atoms with Crippen molar-refractivity contribution in [1.29, 1.82) is 0 Å². The van der Waals surface area contributed by atoms with E-state index in [0.717, 1.165) is 52.2 Å². The van der Waals surface area contributed by atoms with Gasteiger partial charge >= 0.3 is 0 Å². The number of amides is 1. The number of methoxy groups -OCH3 is 2. The standard InChI is InChI=1S/C27H28ClN3O3/c1-33-20-11-8-19(9-12-20)29-27(32)22-15-18-7-10-21(34-2)16-25(18)31-14-13-30(17-26(22)31)24-6-4-3-5-23(24)28/h3-12,16,22,26H,13-15,17H2,1-2H3,(H,29,32)/t22-,26-/m1/s1. The van der Waals surface area contributed by atoms with Crippen molar-refractivity contribution in [3.8, 4) is 11.5 Å². The molecule has 1 fully saturated rings. The fourth-order valence-electron chi connectivity index (χ4n) is 5.04. The third-order valence-electron chi connectivity index (χ3n) is 6.81. The maximum atomic E-state index is 13.6. The number of carbonyl (C=O) groups is 1. The average molecular weight is 478 g/mol. The van der Waals surface area contributed by atoms with Gasteiger partial charge in [-0.05, 0) is 54.4 Å². The van der Waals surface area contributed by atoms with Crippen molar-refractivity contribution in [2.75, 3.05) is 49.0 Å². The topological polar surface area (TPSA) is 54.0 Å². The summed E-state index contributed by atoms with van der Waals surface area (Å²) in [7, 11) is 3.31. The number of hydrogen-bond acceptors (Lipinski definition) is 5. The molecule has 0 radical (unpaired) electrons. The van der Waals surface area contributed by atoms with Gasteiger partial charge < -0.3 is 24.6 Å². The summed E-state index contributed by atoms with van der Waals surface area (Å²) in [6, 6.07) is 21.5. The number of benzene rings is 3. The highest BCUT2D eigenvalue weighted by Crippen LogP contribution is 2.40. The third kappa shape index (κ3) is 4.26. The minimum atomic E-state index is -0.215. The van der Waals surface area contributed by atoms with Gasteiger partial charge in [-0.3, -0.25) is 4.79 Å². The fourth-order valence-corrected chi connectivity index (χ4v) is 5.30. The number of nitrogens with zero attached hydrogens (tertiary/aromatic N) is 2. The summed E-state index contributed by atoms with van der Waals surface area (Å²) in [5.74, 6) is 1.38. The number of nitrogens with one attached hydrogen (secondary N) is 1. The number of anilines is 3. The molecule has 5 rings (SSSR count). The minimum Gasteiger partial charge on any atom is -0.497 e. The van der Waals surface area contributed by atoms with E-state index in [-0.39, 0.29) is 17.9 Å². The maximum absolute atomic E-state index is 13.6. The van der Waals surface area contributed by atoms with Crippen LogP contribution in [-0.4, -0.2) is 45.8 Å². The molecule has 34 heavy (non-hydrogen) atoms. The van der Waals surface area contributed by atoms with Crippen LogP contribution in [0.15, 0.2) is 66.7 Å². The van der Waals surface area contributed by atoms with Crippen LogP contribution in [-0.2, 0) is 11.2 Å². The summed E-state index contributed by atoms with van der Waals surface area (Å²) < 4.78 is 10.7. The van der Waals surface area contributed by atoms with Crippen molar-refractivity contribution in [2.45, 2.75) is 12.5 Å². The molecule has 0 bridgehead atoms. The molecule has 0 spiro atoms. The average Bonchev–Trinajstić information content (AvgIpc) is 2.88. The van der Waals surface area contributed by atoms with Crippen molar-refractivity contribution in [2.24, 2.45) is 5.92 Å². The summed E-state index contributed by atoms with van der Waals surface area (Å²) >= 11 is 6.52. The van der Waals surface area contributed by atoms with Crippen LogP contribution in [0.2, 0.25) is 5.02 Å². The summed E-state index contributed by atoms with van der Waals surface area (Å²) in [6.07, 6.45) is 0.666. The first-order chi connectivity index (χ1) is 16.6. The van der Waals surface area contributed by atoms with Crippen LogP contribution in [0.25, 0.3) is 0 Å². The van der Waals surface area contributed by atoms with Gasteiger partial charge in [0.1, 0.15) is 11.5 Å². The Morgan fingerprint density at radius 1 is 0.941 bits per heavy atom. The molecule has 1 amide bonds. The molecular weight excluding hydrogens is 450 g/mol. The van der Waals surface area contributed by atoms with E-state index in [0.29, 0.717) is 13.0 Å². The lowest BCUT2D eigenvalue weighted by Crippen LogP contribution is -2.60. The normalized spacial score (nSPS) is 19.1. The third-order valence-corrected chi connectivity index (χ3v) is 7.13. The Kier molecular flexibility index (Phi) is 6.24. The van der Waals surface area contributed by atoms with E-state index in [1.807, 2.05) is 54.6 Å². The van der Waals surface area contributed by atoms with Gasteiger partial charge in [-0.15, -0.1) is 0 Å². The first-order valence-electron chi connectivity index (χ1n) is 11.5. The van der Waals surface area contributed by atoms with E-state index in [1.54, 1.807) is 14.2 Å². The minimum absolute atomic E-state index is 0.00266. The van der Waals surface area contributed by atoms with Crippen LogP contribution in [0.1, 0.15) is 5.56 Å². The largest absolute Gasteiger partial charge is 0.497 e. The molecule has 0 aromatic heterocycles. The smallest absolute Gasteiger partial charge is 0.229 e. The van der Waals surface area contributed by atoms with Crippen LogP contribution in [0.3, 0.4) is 0 Å². The lowest BCUT2D eigenvalue weighted by molar-refractivity contribution is -0.120. The lowest BCUT2D eigenvalue weighted by Gasteiger charge is -2.49. The molecule has 1 saturated heterocycles. The van der Waals surface area contributed by atoms with Crippen molar-refractivity contribution in [3.05, 3.63) is 77.3 Å². The molecule has 6 nitrogen and oxygen atoms in total. The summed E-state index contributed by atoms with van der Waals surface area (Å²) in [6.45, 7) is 2.33. The van der Waals surface area contributed by atoms with E-state index >= 15 is 0 Å². The number of para-hydroxylation sites is 1. The van der Waals surface area contributed by atoms with Crippen molar-refractivity contribution >= 4 is 34.6 Å². The monoisotopic (exact) mass is 477 g/mol. The van der Waals surface area contributed by atoms with Crippen LogP contribution >= 0.6 is 11.6 Å². The molecule has 176 valence electrons. The van der Waals surface area contributed by atoms with Gasteiger partial charge in [0, 0.05) is 37.1 Å². The number of ether oxygens (including phenoxy) is 2. The molecule has 3 aromatic carbocycles. The highest BCUT2D eigenvalue weighted by atomic mass is 35.5. The predicted octanol–water partition coefficient (Wildman–Crippen LogP) is 4.86. The van der Waals surface area contributed by atoms with E-state index in [4.69, 9.17) is 21.1 Å². The Morgan fingerprint density at radius 3 is 2.41 bits per heavy atom. The number of hydrogen-bond donors (Lipinski definition) is 1. The predicted molar refractivity (Wildman–Crippen MR) is 137 cm³/mol. The summed E-state index contributed by atoms with van der Waals surface area (Å²) in [5.41, 5.74) is 4.08. The van der Waals surface area contributed by atoms with Gasteiger partial charge in [0.15, 0.2) is 0 Å². The van der Waals surface area contributed by atoms with Crippen LogP contribution in [0.4, 0.5) is 17.1 Å². The van der Waals surface area contributed by atoms with Gasteiger partial charge in [0.05, 0.1) is 36.9 Å². The van der Waals surface area contributed by atoms with Gasteiger partial charge in [-0.25, -0.2) is 0 Å². The van der Waals surface area contributed by atoms with Gasteiger partial charge in [-0.2, -0.15) is 0 Å². The Bertz CT molecular complexity index is 1180. The Labute approximate surface area is 205 Å². The molecule has 3 aromatic rings. The molecule has 2 atom stereocenters. The van der Waals surface area contributed by atoms with Crippen LogP contribution in [0.5, 0.6) is 11.5 Å². The number of carbonyl (C=O) groups excluding carboxylic acids is 1. The Balaban J connectivity index is 1.46. The second-order valence-electron chi connectivity index (χ2n) is 8.68. The van der Waals surface area contributed by atoms with E-state index < -0.39 is 0 Å². The van der Waals surface area contributed by atoms with E-state index in [1.165, 1.54) is 0 Å². The summed E-state index contributed by atoms with van der Waals surface area (Å²) in [4.78, 5) is 18.2. The molecular formula is C27H28ClN3O3. The molecule has 1 N–H and O–H groups in total. The molecule has 0 aliphatic carbocycles. The number of rotatable bonds is 5. The van der Waals surface area contributed by atoms with Crippen molar-refractivity contribution in [1.82, 2.24) is 0 Å². The molecule has 2 aliphatic rings. The molecule has 2 heterocycles. The maximum Gasteiger partial charge on any atom is 0.229 e. The van der Waals surface area contributed by atoms with Crippen LogP contribution < -0.4 is 24.6 Å². The van der Waals surface area contributed by atoms with Crippen molar-refractivity contribution in [3.63, 3.8) is 0 Å². The SMILES string of the molecule is COc1ccc(NC(=O)[C@@H]2Cc3ccc(OC)cc3N3CCN(c4ccccc4Cl)C[C@H]23)cc1. The zero-order chi connectivity index (χ0) is 23.7. The molecule has 2 aliphatic heterocycles. The first-order valence-corrected chi connectivity index (χ1v) is 11.8. The van der Waals surface area contributed by atoms with E-state index in [9.17, 15) is 4.79 Å². The zero-order valence-electron chi connectivity index (χ0n) is 19.3. The quantitative estimate of drug-likeness (QED) is 0.568. The second-order valence-corrected chi connectivity index (χ2v) is 9.09. The second kappa shape index (κ2) is 9.47. The number of halogens is 1. The number of piperazine rings is 1. The number of fused-ring (bicyclic) bond motifs is 3. The Morgan fingerprint density at radius 2 is 1.68 bits per heavy atom. The molecule has 0 unspecified atom stereocenters. The van der Waals surface area contributed by atoms with Crippen LogP contribution in [0, 0.1) is 5.92 Å². The fraction of sp³-hybridized carbons (Fsp3) is 0.296. The van der Waals surface area contributed by atoms with Gasteiger partial charge in [-0.1, -0.05) is 29.8 Å².